The number of para-hydroxylation sites is 1. The van der Waals surface area contributed by atoms with Gasteiger partial charge in [0.1, 0.15) is 23.7 Å². The molecule has 1 aliphatic rings. The van der Waals surface area contributed by atoms with Gasteiger partial charge in [0.15, 0.2) is 0 Å². The lowest BCUT2D eigenvalue weighted by atomic mass is 10.1. The summed E-state index contributed by atoms with van der Waals surface area (Å²) in [7, 11) is 0. The van der Waals surface area contributed by atoms with E-state index in [1.165, 1.54) is 18.7 Å². The second-order valence-electron chi connectivity index (χ2n) is 7.17. The van der Waals surface area contributed by atoms with E-state index in [9.17, 15) is 23.2 Å². The maximum atomic E-state index is 13.3. The molecule has 0 spiro atoms. The van der Waals surface area contributed by atoms with Crippen molar-refractivity contribution < 1.29 is 23.2 Å². The van der Waals surface area contributed by atoms with Crippen molar-refractivity contribution in [3.05, 3.63) is 59.7 Å². The van der Waals surface area contributed by atoms with Gasteiger partial charge in [0.25, 0.3) is 0 Å². The van der Waals surface area contributed by atoms with Gasteiger partial charge in [0.05, 0.1) is 12.1 Å². The fourth-order valence-corrected chi connectivity index (χ4v) is 4.41. The number of anilines is 1. The third-order valence-corrected chi connectivity index (χ3v) is 5.97. The minimum atomic E-state index is -0.926. The molecule has 3 amide bonds. The van der Waals surface area contributed by atoms with Crippen molar-refractivity contribution in [2.75, 3.05) is 17.2 Å². The van der Waals surface area contributed by atoms with Crippen LogP contribution in [0.5, 0.6) is 0 Å². The number of likely N-dealkylation sites (N-methyl/N-ethyl adjacent to an activating group) is 1. The molecule has 2 aromatic carbocycles. The smallest absolute Gasteiger partial charge is 0.250 e. The standard InChI is InChI=1S/C22H23F2N3O3S/c1-3-27-18-6-4-5-7-19(18)31-12-17(22(27)30)26-21(29)13(2)25-20(28)10-14-8-15(23)11-16(24)9-14/h4-9,11,13,17H,3,10,12H2,1-2H3,(H,25,28)(H,26,29). The van der Waals surface area contributed by atoms with Gasteiger partial charge in [0, 0.05) is 23.3 Å². The molecule has 2 aromatic rings. The number of carbonyl (C=O) groups is 3. The van der Waals surface area contributed by atoms with Crippen molar-refractivity contribution in [2.45, 2.75) is 37.2 Å². The number of halogens is 2. The van der Waals surface area contributed by atoms with Crippen molar-refractivity contribution >= 4 is 35.2 Å². The fraction of sp³-hybridized carbons (Fsp3) is 0.318. The number of rotatable bonds is 6. The van der Waals surface area contributed by atoms with Gasteiger partial charge in [-0.05, 0) is 43.7 Å². The Hall–Kier alpha value is -2.94. The summed E-state index contributed by atoms with van der Waals surface area (Å²) in [6, 6.07) is 8.71. The van der Waals surface area contributed by atoms with Gasteiger partial charge in [0.2, 0.25) is 17.7 Å². The number of nitrogens with zero attached hydrogens (tertiary/aromatic N) is 1. The van der Waals surface area contributed by atoms with Crippen molar-refractivity contribution in [3.63, 3.8) is 0 Å². The lowest BCUT2D eigenvalue weighted by Crippen LogP contribution is -2.54. The highest BCUT2D eigenvalue weighted by atomic mass is 32.2. The lowest BCUT2D eigenvalue weighted by molar-refractivity contribution is -0.130. The van der Waals surface area contributed by atoms with Crippen LogP contribution in [0.15, 0.2) is 47.4 Å². The first-order valence-electron chi connectivity index (χ1n) is 9.86. The quantitative estimate of drug-likeness (QED) is 0.714. The summed E-state index contributed by atoms with van der Waals surface area (Å²) in [6.07, 6.45) is -0.274. The monoisotopic (exact) mass is 447 g/mol. The summed E-state index contributed by atoms with van der Waals surface area (Å²) >= 11 is 1.48. The molecule has 0 aromatic heterocycles. The summed E-state index contributed by atoms with van der Waals surface area (Å²) in [6.45, 7) is 3.81. The van der Waals surface area contributed by atoms with E-state index in [0.29, 0.717) is 12.3 Å². The van der Waals surface area contributed by atoms with Crippen LogP contribution in [0.4, 0.5) is 14.5 Å². The summed E-state index contributed by atoms with van der Waals surface area (Å²) < 4.78 is 26.6. The lowest BCUT2D eigenvalue weighted by Gasteiger charge is -2.25. The Balaban J connectivity index is 1.61. The zero-order valence-electron chi connectivity index (χ0n) is 17.2. The highest BCUT2D eigenvalue weighted by Gasteiger charge is 2.32. The van der Waals surface area contributed by atoms with Crippen LogP contribution in [-0.2, 0) is 20.8 Å². The first-order chi connectivity index (χ1) is 14.8. The van der Waals surface area contributed by atoms with Gasteiger partial charge in [-0.15, -0.1) is 11.8 Å². The SMILES string of the molecule is CCN1C(=O)C(NC(=O)C(C)NC(=O)Cc2cc(F)cc(F)c2)CSc2ccccc21. The molecule has 0 aliphatic carbocycles. The van der Waals surface area contributed by atoms with Crippen LogP contribution < -0.4 is 15.5 Å². The Kier molecular flexibility index (Phi) is 7.27. The van der Waals surface area contributed by atoms with Crippen LogP contribution in [0.3, 0.4) is 0 Å². The molecule has 2 atom stereocenters. The minimum absolute atomic E-state index is 0.161. The number of benzene rings is 2. The molecule has 0 saturated heterocycles. The Morgan fingerprint density at radius 1 is 1.19 bits per heavy atom. The van der Waals surface area contributed by atoms with Crippen LogP contribution in [-0.4, -0.2) is 42.1 Å². The van der Waals surface area contributed by atoms with E-state index in [4.69, 9.17) is 0 Å². The topological polar surface area (TPSA) is 78.5 Å². The van der Waals surface area contributed by atoms with Gasteiger partial charge < -0.3 is 15.5 Å². The minimum Gasteiger partial charge on any atom is -0.344 e. The zero-order chi connectivity index (χ0) is 22.5. The fourth-order valence-electron chi connectivity index (χ4n) is 3.34. The van der Waals surface area contributed by atoms with Gasteiger partial charge in [-0.3, -0.25) is 14.4 Å². The van der Waals surface area contributed by atoms with E-state index in [2.05, 4.69) is 10.6 Å². The second kappa shape index (κ2) is 9.91. The third-order valence-electron chi connectivity index (χ3n) is 4.82. The van der Waals surface area contributed by atoms with E-state index in [-0.39, 0.29) is 17.9 Å². The maximum absolute atomic E-state index is 13.3. The number of amides is 3. The van der Waals surface area contributed by atoms with Gasteiger partial charge >= 0.3 is 0 Å². The summed E-state index contributed by atoms with van der Waals surface area (Å²) in [4.78, 5) is 40.3. The maximum Gasteiger partial charge on any atom is 0.250 e. The molecular weight excluding hydrogens is 424 g/mol. The predicted octanol–water partition coefficient (Wildman–Crippen LogP) is 2.66. The molecule has 0 radical (unpaired) electrons. The zero-order valence-corrected chi connectivity index (χ0v) is 18.0. The molecule has 164 valence electrons. The Morgan fingerprint density at radius 2 is 1.87 bits per heavy atom. The average molecular weight is 448 g/mol. The van der Waals surface area contributed by atoms with Crippen molar-refractivity contribution in [1.82, 2.24) is 10.6 Å². The second-order valence-corrected chi connectivity index (χ2v) is 8.23. The molecule has 1 heterocycles. The summed E-state index contributed by atoms with van der Waals surface area (Å²) in [5, 5.41) is 5.21. The molecule has 31 heavy (non-hydrogen) atoms. The number of hydrogen-bond acceptors (Lipinski definition) is 4. The molecule has 2 unspecified atom stereocenters. The van der Waals surface area contributed by atoms with Crippen LogP contribution in [0.2, 0.25) is 0 Å². The van der Waals surface area contributed by atoms with Crippen molar-refractivity contribution in [1.29, 1.82) is 0 Å². The molecular formula is C22H23F2N3O3S. The predicted molar refractivity (Wildman–Crippen MR) is 115 cm³/mol. The largest absolute Gasteiger partial charge is 0.344 e. The van der Waals surface area contributed by atoms with E-state index in [0.717, 1.165) is 28.8 Å². The molecule has 0 bridgehead atoms. The third kappa shape index (κ3) is 5.61. The number of hydrogen-bond donors (Lipinski definition) is 2. The highest BCUT2D eigenvalue weighted by Crippen LogP contribution is 2.34. The van der Waals surface area contributed by atoms with Crippen LogP contribution in [0, 0.1) is 11.6 Å². The summed E-state index contributed by atoms with van der Waals surface area (Å²) in [5.41, 5.74) is 0.967. The molecule has 1 aliphatic heterocycles. The average Bonchev–Trinajstić information content (AvgIpc) is 2.83. The summed E-state index contributed by atoms with van der Waals surface area (Å²) in [5.74, 6) is -2.49. The Bertz CT molecular complexity index is 981. The normalized spacial score (nSPS) is 16.8. The van der Waals surface area contributed by atoms with Crippen LogP contribution in [0.1, 0.15) is 19.4 Å². The Morgan fingerprint density at radius 3 is 2.55 bits per heavy atom. The molecule has 9 heteroatoms. The van der Waals surface area contributed by atoms with E-state index in [1.807, 2.05) is 31.2 Å². The van der Waals surface area contributed by atoms with Crippen molar-refractivity contribution in [3.8, 4) is 0 Å². The van der Waals surface area contributed by atoms with E-state index >= 15 is 0 Å². The first-order valence-corrected chi connectivity index (χ1v) is 10.8. The van der Waals surface area contributed by atoms with Gasteiger partial charge in [-0.2, -0.15) is 0 Å². The molecule has 2 N–H and O–H groups in total. The molecule has 0 fully saturated rings. The number of nitrogens with one attached hydrogen (secondary N) is 2. The van der Waals surface area contributed by atoms with Crippen LogP contribution in [0.25, 0.3) is 0 Å². The van der Waals surface area contributed by atoms with E-state index < -0.39 is 35.5 Å². The highest BCUT2D eigenvalue weighted by molar-refractivity contribution is 7.99. The van der Waals surface area contributed by atoms with Crippen LogP contribution >= 0.6 is 11.8 Å². The number of thioether (sulfide) groups is 1. The van der Waals surface area contributed by atoms with Gasteiger partial charge in [-0.25, -0.2) is 8.78 Å². The number of fused-ring (bicyclic) bond motifs is 1. The number of carbonyl (C=O) groups excluding carboxylic acids is 3. The first kappa shape index (κ1) is 22.7. The van der Waals surface area contributed by atoms with Gasteiger partial charge in [-0.1, -0.05) is 12.1 Å². The molecule has 3 rings (SSSR count). The molecule has 0 saturated carbocycles. The van der Waals surface area contributed by atoms with Crippen molar-refractivity contribution in [2.24, 2.45) is 0 Å². The van der Waals surface area contributed by atoms with E-state index in [1.54, 1.807) is 4.90 Å². The Labute approximate surface area is 183 Å². The molecule has 6 nitrogen and oxygen atoms in total.